The zero-order valence-electron chi connectivity index (χ0n) is 9.15. The van der Waals surface area contributed by atoms with Gasteiger partial charge in [0, 0.05) is 0 Å². The van der Waals surface area contributed by atoms with Crippen LogP contribution in [0.5, 0.6) is 0 Å². The molecular weight excluding hydrogens is 212 g/mol. The number of thiol groups is 1. The van der Waals surface area contributed by atoms with Gasteiger partial charge in [-0.05, 0) is 44.2 Å². The highest BCUT2D eigenvalue weighted by molar-refractivity contribution is 8.33. The van der Waals surface area contributed by atoms with E-state index in [1.807, 2.05) is 6.07 Å². The molecule has 1 aromatic carbocycles. The zero-order chi connectivity index (χ0) is 10.8. The Labute approximate surface area is 93.8 Å². The van der Waals surface area contributed by atoms with Crippen molar-refractivity contribution in [2.45, 2.75) is 23.7 Å². The Morgan fingerprint density at radius 2 is 1.64 bits per heavy atom. The Balaban J connectivity index is 3.08. The second-order valence-electron chi connectivity index (χ2n) is 4.13. The maximum absolute atomic E-state index is 5.29. The van der Waals surface area contributed by atoms with Crippen LogP contribution < -0.4 is 0 Å². The van der Waals surface area contributed by atoms with Gasteiger partial charge in [0.15, 0.2) is 0 Å². The normalized spacial score (nSPS) is 14.1. The Morgan fingerprint density at radius 1 is 1.14 bits per heavy atom. The summed E-state index contributed by atoms with van der Waals surface area (Å²) < 4.78 is 5.29. The monoisotopic (exact) mass is 230 g/mol. The van der Waals surface area contributed by atoms with Crippen LogP contribution in [0.15, 0.2) is 35.2 Å². The smallest absolute Gasteiger partial charge is 0.110 e. The highest BCUT2D eigenvalue weighted by atomic mass is 32.3. The maximum atomic E-state index is 5.29. The molecule has 0 heterocycles. The third kappa shape index (κ3) is 2.10. The van der Waals surface area contributed by atoms with Gasteiger partial charge in [-0.25, -0.2) is 0 Å². The van der Waals surface area contributed by atoms with Gasteiger partial charge in [-0.2, -0.15) is 10.0 Å². The predicted octanol–water partition coefficient (Wildman–Crippen LogP) is 3.71. The highest BCUT2D eigenvalue weighted by Crippen LogP contribution is 2.60. The van der Waals surface area contributed by atoms with Crippen LogP contribution >= 0.6 is 22.9 Å². The fourth-order valence-corrected chi connectivity index (χ4v) is 3.29. The van der Waals surface area contributed by atoms with Crippen LogP contribution in [0.3, 0.4) is 0 Å². The van der Waals surface area contributed by atoms with Crippen LogP contribution in [0, 0.1) is 0 Å². The van der Waals surface area contributed by atoms with Crippen molar-refractivity contribution in [2.75, 3.05) is 12.5 Å². The topological polar surface area (TPSA) is 9.23 Å². The molecular formula is C11H18OS2. The minimum Gasteiger partial charge on any atom is -0.303 e. The van der Waals surface area contributed by atoms with E-state index in [1.54, 1.807) is 0 Å². The van der Waals surface area contributed by atoms with Gasteiger partial charge in [-0.15, -0.1) is 0 Å². The van der Waals surface area contributed by atoms with Gasteiger partial charge in [0.25, 0.3) is 0 Å². The molecule has 1 nitrogen and oxygen atoms in total. The van der Waals surface area contributed by atoms with E-state index in [2.05, 4.69) is 63.5 Å². The molecule has 0 bridgehead atoms. The van der Waals surface area contributed by atoms with Crippen molar-refractivity contribution >= 4 is 22.9 Å². The van der Waals surface area contributed by atoms with Crippen LogP contribution in [-0.4, -0.2) is 17.4 Å². The van der Waals surface area contributed by atoms with E-state index in [-0.39, 0.29) is 4.93 Å². The van der Waals surface area contributed by atoms with Crippen LogP contribution in [0.1, 0.15) is 13.8 Å². The van der Waals surface area contributed by atoms with E-state index in [0.29, 0.717) is 0 Å². The molecule has 14 heavy (non-hydrogen) atoms. The van der Waals surface area contributed by atoms with Crippen molar-refractivity contribution < 1.29 is 4.18 Å². The summed E-state index contributed by atoms with van der Waals surface area (Å²) in [7, 11) is -0.987. The van der Waals surface area contributed by atoms with Gasteiger partial charge in [-0.3, -0.25) is 0 Å². The average molecular weight is 230 g/mol. The molecule has 0 atom stereocenters. The molecule has 1 rings (SSSR count). The van der Waals surface area contributed by atoms with Crippen molar-refractivity contribution in [3.05, 3.63) is 30.3 Å². The van der Waals surface area contributed by atoms with E-state index in [9.17, 15) is 0 Å². The van der Waals surface area contributed by atoms with Crippen LogP contribution in [0.4, 0.5) is 0 Å². The molecule has 1 aromatic rings. The molecule has 0 amide bonds. The second kappa shape index (κ2) is 4.17. The highest BCUT2D eigenvalue weighted by Gasteiger charge is 2.34. The Kier molecular flexibility index (Phi) is 3.56. The number of benzene rings is 1. The van der Waals surface area contributed by atoms with Crippen molar-refractivity contribution in [1.29, 1.82) is 0 Å². The largest absolute Gasteiger partial charge is 0.303 e. The van der Waals surface area contributed by atoms with Gasteiger partial charge in [-0.1, -0.05) is 30.3 Å². The summed E-state index contributed by atoms with van der Waals surface area (Å²) >= 11 is 3.97. The Bertz CT molecular complexity index is 293. The summed E-state index contributed by atoms with van der Waals surface area (Å²) in [4.78, 5) is 1.14. The SMILES string of the molecule is CC(C)(OS)S(C)(C)c1ccccc1. The molecule has 0 aromatic heterocycles. The predicted molar refractivity (Wildman–Crippen MR) is 68.3 cm³/mol. The third-order valence-corrected chi connectivity index (χ3v) is 7.35. The van der Waals surface area contributed by atoms with E-state index in [4.69, 9.17) is 4.18 Å². The van der Waals surface area contributed by atoms with Crippen molar-refractivity contribution in [3.63, 3.8) is 0 Å². The molecule has 80 valence electrons. The molecule has 0 aliphatic rings. The number of rotatable bonds is 3. The van der Waals surface area contributed by atoms with Gasteiger partial charge in [0.2, 0.25) is 0 Å². The first-order chi connectivity index (χ1) is 6.42. The van der Waals surface area contributed by atoms with Gasteiger partial charge >= 0.3 is 0 Å². The standard InChI is InChI=1S/C11H18OS2/c1-11(2,12-13)14(3,4)10-8-6-5-7-9-10/h5-9,13H,1-4H3. The first-order valence-corrected chi connectivity index (χ1v) is 7.34. The first kappa shape index (κ1) is 12.0. The summed E-state index contributed by atoms with van der Waals surface area (Å²) in [6, 6.07) is 10.5. The van der Waals surface area contributed by atoms with Gasteiger partial charge < -0.3 is 4.18 Å². The lowest BCUT2D eigenvalue weighted by Crippen LogP contribution is -2.27. The van der Waals surface area contributed by atoms with Crippen LogP contribution in [0.2, 0.25) is 0 Å². The number of hydrogen-bond acceptors (Lipinski definition) is 2. The Hall–Kier alpha value is -0.120. The van der Waals surface area contributed by atoms with Crippen molar-refractivity contribution in [1.82, 2.24) is 0 Å². The van der Waals surface area contributed by atoms with E-state index >= 15 is 0 Å². The summed E-state index contributed by atoms with van der Waals surface area (Å²) in [5.74, 6) is 0. The molecule has 0 fully saturated rings. The number of hydrogen-bond donors (Lipinski definition) is 1. The molecule has 0 N–H and O–H groups in total. The zero-order valence-corrected chi connectivity index (χ0v) is 10.9. The summed E-state index contributed by atoms with van der Waals surface area (Å²) in [5.41, 5.74) is 0. The van der Waals surface area contributed by atoms with Crippen LogP contribution in [0.25, 0.3) is 0 Å². The van der Waals surface area contributed by atoms with E-state index in [0.717, 1.165) is 0 Å². The van der Waals surface area contributed by atoms with Crippen molar-refractivity contribution in [2.24, 2.45) is 0 Å². The van der Waals surface area contributed by atoms with E-state index < -0.39 is 10.0 Å². The summed E-state index contributed by atoms with van der Waals surface area (Å²) in [5, 5.41) is 0. The van der Waals surface area contributed by atoms with Gasteiger partial charge in [0.05, 0.1) is 0 Å². The minimum atomic E-state index is -0.987. The molecule has 0 saturated heterocycles. The Morgan fingerprint density at radius 3 is 2.07 bits per heavy atom. The molecule has 0 spiro atoms. The average Bonchev–Trinajstić information content (AvgIpc) is 2.19. The summed E-state index contributed by atoms with van der Waals surface area (Å²) in [6.07, 6.45) is 4.50. The lowest BCUT2D eigenvalue weighted by atomic mass is 10.4. The second-order valence-corrected chi connectivity index (χ2v) is 8.42. The fourth-order valence-electron chi connectivity index (χ4n) is 1.14. The first-order valence-electron chi connectivity index (χ1n) is 4.52. The van der Waals surface area contributed by atoms with E-state index in [1.165, 1.54) is 4.90 Å². The molecule has 0 aliphatic heterocycles. The quantitative estimate of drug-likeness (QED) is 0.615. The maximum Gasteiger partial charge on any atom is 0.110 e. The molecule has 0 aliphatic carbocycles. The third-order valence-electron chi connectivity index (χ3n) is 2.78. The fraction of sp³-hybridized carbons (Fsp3) is 0.455. The summed E-state index contributed by atoms with van der Waals surface area (Å²) in [6.45, 7) is 4.17. The minimum absolute atomic E-state index is 0.211. The molecule has 3 heteroatoms. The molecule has 0 saturated carbocycles. The molecule has 0 unspecified atom stereocenters. The lowest BCUT2D eigenvalue weighted by molar-refractivity contribution is 0.250. The lowest BCUT2D eigenvalue weighted by Gasteiger charge is -2.45. The molecule has 0 radical (unpaired) electrons. The van der Waals surface area contributed by atoms with Crippen LogP contribution in [-0.2, 0) is 4.18 Å². The van der Waals surface area contributed by atoms with Crippen molar-refractivity contribution in [3.8, 4) is 0 Å². The van der Waals surface area contributed by atoms with Gasteiger partial charge in [0.1, 0.15) is 4.93 Å².